The van der Waals surface area contributed by atoms with Crippen LogP contribution in [0.2, 0.25) is 0 Å². The molecule has 0 aromatic heterocycles. The second-order valence-corrected chi connectivity index (χ2v) is 11.3. The fraction of sp³-hybridized carbons (Fsp3) is 0.760. The van der Waals surface area contributed by atoms with Crippen molar-refractivity contribution < 1.29 is 14.3 Å². The Balaban J connectivity index is 1.44. The van der Waals surface area contributed by atoms with Crippen LogP contribution in [-0.4, -0.2) is 71.6 Å². The number of carbonyl (C=O) groups is 2. The Morgan fingerprint density at radius 3 is 2.48 bits per heavy atom. The van der Waals surface area contributed by atoms with Gasteiger partial charge in [0.15, 0.2) is 0 Å². The summed E-state index contributed by atoms with van der Waals surface area (Å²) in [6, 6.07) is 0.285. The van der Waals surface area contributed by atoms with Gasteiger partial charge in [0.25, 0.3) is 0 Å². The number of nitrogens with zero attached hydrogens (tertiary/aromatic N) is 3. The van der Waals surface area contributed by atoms with Gasteiger partial charge in [-0.2, -0.15) is 0 Å². The number of amides is 2. The molecular formula is C25H39N3O3. The predicted molar refractivity (Wildman–Crippen MR) is 121 cm³/mol. The smallest absolute Gasteiger partial charge is 0.409 e. The number of rotatable bonds is 2. The molecule has 3 heterocycles. The van der Waals surface area contributed by atoms with Crippen LogP contribution in [0.25, 0.3) is 0 Å². The lowest BCUT2D eigenvalue weighted by molar-refractivity contribution is -0.129. The van der Waals surface area contributed by atoms with Crippen molar-refractivity contribution >= 4 is 12.0 Å². The average Bonchev–Trinajstić information content (AvgIpc) is 3.26. The normalized spacial score (nSPS) is 32.8. The molecule has 2 amide bonds. The maximum absolute atomic E-state index is 13.2. The first-order chi connectivity index (χ1) is 14.5. The topological polar surface area (TPSA) is 53.1 Å². The average molecular weight is 430 g/mol. The lowest BCUT2D eigenvalue weighted by atomic mass is 9.69. The van der Waals surface area contributed by atoms with Gasteiger partial charge in [-0.3, -0.25) is 9.69 Å². The Morgan fingerprint density at radius 2 is 1.87 bits per heavy atom. The molecule has 0 N–H and O–H groups in total. The maximum Gasteiger partial charge on any atom is 0.409 e. The number of hydrogen-bond donors (Lipinski definition) is 0. The molecule has 3 atom stereocenters. The van der Waals surface area contributed by atoms with E-state index in [0.717, 1.165) is 45.4 Å². The SMILES string of the molecule is COC(=O)N1CCC(C)(N2CCC(N3C(=O)CC4C3=CC(C)=CC4C(C)(C)C)CC2)C1. The van der Waals surface area contributed by atoms with Crippen molar-refractivity contribution in [1.82, 2.24) is 14.7 Å². The number of hydrogen-bond acceptors (Lipinski definition) is 4. The van der Waals surface area contributed by atoms with Gasteiger partial charge in [0.2, 0.25) is 5.91 Å². The molecule has 3 fully saturated rings. The molecule has 0 aromatic carbocycles. The Labute approximate surface area is 187 Å². The zero-order valence-corrected chi connectivity index (χ0v) is 20.1. The number of likely N-dealkylation sites (tertiary alicyclic amines) is 3. The third kappa shape index (κ3) is 4.04. The van der Waals surface area contributed by atoms with Gasteiger partial charge in [-0.1, -0.05) is 32.4 Å². The number of methoxy groups -OCH3 is 1. The minimum atomic E-state index is -0.228. The summed E-state index contributed by atoms with van der Waals surface area (Å²) in [6.45, 7) is 14.7. The van der Waals surface area contributed by atoms with E-state index in [0.29, 0.717) is 24.2 Å². The van der Waals surface area contributed by atoms with Gasteiger partial charge in [-0.15, -0.1) is 0 Å². The molecule has 0 radical (unpaired) electrons. The number of allylic oxidation sites excluding steroid dienone is 4. The Kier molecular flexibility index (Phi) is 5.74. The van der Waals surface area contributed by atoms with E-state index in [1.165, 1.54) is 18.4 Å². The lowest BCUT2D eigenvalue weighted by Gasteiger charge is -2.45. The third-order valence-corrected chi connectivity index (χ3v) is 8.05. The number of piperidine rings is 1. The predicted octanol–water partition coefficient (Wildman–Crippen LogP) is 4.04. The molecular weight excluding hydrogens is 390 g/mol. The number of carbonyl (C=O) groups excluding carboxylic acids is 2. The van der Waals surface area contributed by atoms with E-state index in [1.54, 1.807) is 0 Å². The Hall–Kier alpha value is -1.82. The van der Waals surface area contributed by atoms with E-state index < -0.39 is 0 Å². The first-order valence-electron chi connectivity index (χ1n) is 11.8. The molecule has 0 aromatic rings. The van der Waals surface area contributed by atoms with Crippen LogP contribution in [0, 0.1) is 17.3 Å². The largest absolute Gasteiger partial charge is 0.453 e. The van der Waals surface area contributed by atoms with Crippen molar-refractivity contribution in [1.29, 1.82) is 0 Å². The van der Waals surface area contributed by atoms with Gasteiger partial charge in [-0.25, -0.2) is 4.79 Å². The standard InChI is InChI=1S/C25H39N3O3/c1-17-13-20(24(2,3)4)19-15-22(29)28(21(19)14-17)18-7-10-27(11-8-18)25(5)9-12-26(16-25)23(30)31-6/h13-14,18-20H,7-12,15-16H2,1-6H3. The highest BCUT2D eigenvalue weighted by molar-refractivity contribution is 5.83. The summed E-state index contributed by atoms with van der Waals surface area (Å²) in [6.07, 6.45) is 8.01. The monoisotopic (exact) mass is 429 g/mol. The molecule has 172 valence electrons. The summed E-state index contributed by atoms with van der Waals surface area (Å²) in [7, 11) is 1.45. The van der Waals surface area contributed by atoms with Gasteiger partial charge in [-0.05, 0) is 50.5 Å². The molecule has 6 nitrogen and oxygen atoms in total. The molecule has 3 saturated heterocycles. The van der Waals surface area contributed by atoms with Crippen LogP contribution in [0.1, 0.15) is 60.3 Å². The zero-order chi connectivity index (χ0) is 22.6. The Morgan fingerprint density at radius 1 is 1.19 bits per heavy atom. The van der Waals surface area contributed by atoms with E-state index in [4.69, 9.17) is 4.74 Å². The summed E-state index contributed by atoms with van der Waals surface area (Å²) >= 11 is 0. The Bertz CT molecular complexity index is 803. The van der Waals surface area contributed by atoms with E-state index in [9.17, 15) is 9.59 Å². The summed E-state index contributed by atoms with van der Waals surface area (Å²) in [5.74, 6) is 1.02. The minimum Gasteiger partial charge on any atom is -0.453 e. The van der Waals surface area contributed by atoms with Crippen LogP contribution < -0.4 is 0 Å². The fourth-order valence-electron chi connectivity index (χ4n) is 6.30. The van der Waals surface area contributed by atoms with E-state index in [-0.39, 0.29) is 23.1 Å². The van der Waals surface area contributed by atoms with Gasteiger partial charge in [0, 0.05) is 55.8 Å². The van der Waals surface area contributed by atoms with Crippen LogP contribution in [0.4, 0.5) is 4.79 Å². The summed E-state index contributed by atoms with van der Waals surface area (Å²) in [5.41, 5.74) is 2.68. The highest BCUT2D eigenvalue weighted by Crippen LogP contribution is 2.48. The van der Waals surface area contributed by atoms with Crippen molar-refractivity contribution in [3.05, 3.63) is 23.4 Å². The third-order valence-electron chi connectivity index (χ3n) is 8.05. The second-order valence-electron chi connectivity index (χ2n) is 11.3. The van der Waals surface area contributed by atoms with Crippen molar-refractivity contribution in [2.45, 2.75) is 71.9 Å². The molecule has 31 heavy (non-hydrogen) atoms. The molecule has 3 unspecified atom stereocenters. The maximum atomic E-state index is 13.2. The van der Waals surface area contributed by atoms with Crippen molar-refractivity contribution in [2.24, 2.45) is 17.3 Å². The number of ether oxygens (including phenoxy) is 1. The molecule has 0 spiro atoms. The summed E-state index contributed by atoms with van der Waals surface area (Å²) in [4.78, 5) is 31.6. The van der Waals surface area contributed by atoms with Crippen LogP contribution in [0.5, 0.6) is 0 Å². The summed E-state index contributed by atoms with van der Waals surface area (Å²) in [5, 5.41) is 0. The lowest BCUT2D eigenvalue weighted by Crippen LogP contribution is -2.54. The van der Waals surface area contributed by atoms with Crippen LogP contribution in [0.3, 0.4) is 0 Å². The molecule has 4 aliphatic rings. The van der Waals surface area contributed by atoms with Crippen LogP contribution >= 0.6 is 0 Å². The first kappa shape index (κ1) is 22.4. The van der Waals surface area contributed by atoms with Crippen LogP contribution in [-0.2, 0) is 9.53 Å². The fourth-order valence-corrected chi connectivity index (χ4v) is 6.30. The molecule has 1 aliphatic carbocycles. The van der Waals surface area contributed by atoms with Crippen molar-refractivity contribution in [3.63, 3.8) is 0 Å². The van der Waals surface area contributed by atoms with E-state index in [2.05, 4.69) is 56.6 Å². The van der Waals surface area contributed by atoms with Crippen LogP contribution in [0.15, 0.2) is 23.4 Å². The van der Waals surface area contributed by atoms with E-state index in [1.807, 2.05) is 4.90 Å². The molecule has 6 heteroatoms. The summed E-state index contributed by atoms with van der Waals surface area (Å²) < 4.78 is 4.92. The quantitative estimate of drug-likeness (QED) is 0.665. The molecule has 4 rings (SSSR count). The van der Waals surface area contributed by atoms with Gasteiger partial charge in [0.05, 0.1) is 7.11 Å². The minimum absolute atomic E-state index is 0.00250. The van der Waals surface area contributed by atoms with E-state index >= 15 is 0 Å². The second kappa shape index (κ2) is 7.95. The molecule has 3 aliphatic heterocycles. The van der Waals surface area contributed by atoms with Gasteiger partial charge >= 0.3 is 6.09 Å². The molecule has 0 bridgehead atoms. The van der Waals surface area contributed by atoms with Gasteiger partial charge < -0.3 is 14.5 Å². The van der Waals surface area contributed by atoms with Gasteiger partial charge in [0.1, 0.15) is 0 Å². The molecule has 0 saturated carbocycles. The highest BCUT2D eigenvalue weighted by atomic mass is 16.5. The number of fused-ring (bicyclic) bond motifs is 1. The zero-order valence-electron chi connectivity index (χ0n) is 20.1. The van der Waals surface area contributed by atoms with Crippen molar-refractivity contribution in [3.8, 4) is 0 Å². The van der Waals surface area contributed by atoms with Crippen molar-refractivity contribution in [2.75, 3.05) is 33.3 Å². The highest BCUT2D eigenvalue weighted by Gasteiger charge is 2.48. The first-order valence-corrected chi connectivity index (χ1v) is 11.8.